The van der Waals surface area contributed by atoms with Gasteiger partial charge in [-0.15, -0.1) is 0 Å². The fourth-order valence-electron chi connectivity index (χ4n) is 2.55. The molecule has 0 heterocycles. The zero-order chi connectivity index (χ0) is 12.3. The molecule has 1 saturated carbocycles. The van der Waals surface area contributed by atoms with Crippen LogP contribution in [0.25, 0.3) is 0 Å². The average molecular weight is 240 g/mol. The third-order valence-corrected chi connectivity index (χ3v) is 3.94. The van der Waals surface area contributed by atoms with E-state index in [1.54, 1.807) is 0 Å². The van der Waals surface area contributed by atoms with Crippen molar-refractivity contribution in [2.45, 2.75) is 96.5 Å². The lowest BCUT2D eigenvalue weighted by molar-refractivity contribution is 0.144. The maximum absolute atomic E-state index is 9.76. The van der Waals surface area contributed by atoms with Gasteiger partial charge < -0.3 is 5.11 Å². The molecule has 1 aliphatic carbocycles. The van der Waals surface area contributed by atoms with Crippen LogP contribution < -0.4 is 0 Å². The minimum Gasteiger partial charge on any atom is -0.393 e. The van der Waals surface area contributed by atoms with Gasteiger partial charge in [0.2, 0.25) is 0 Å². The van der Waals surface area contributed by atoms with Gasteiger partial charge in [-0.3, -0.25) is 0 Å². The maximum atomic E-state index is 9.76. The summed E-state index contributed by atoms with van der Waals surface area (Å²) in [6, 6.07) is 0. The summed E-state index contributed by atoms with van der Waals surface area (Å²) in [6.07, 6.45) is 17.3. The Bertz CT molecular complexity index is 163. The van der Waals surface area contributed by atoms with Crippen molar-refractivity contribution in [3.8, 4) is 0 Å². The molecule has 0 amide bonds. The van der Waals surface area contributed by atoms with Crippen molar-refractivity contribution < 1.29 is 5.11 Å². The Morgan fingerprint density at radius 1 is 0.882 bits per heavy atom. The number of aliphatic hydroxyl groups excluding tert-OH is 1. The standard InChI is InChI=1S/C16H32O/c1-2-3-4-5-6-7-8-9-10-11-16(17)14-15-12-13-15/h15-17H,2-14H2,1H3. The molecule has 17 heavy (non-hydrogen) atoms. The Balaban J connectivity index is 1.71. The van der Waals surface area contributed by atoms with E-state index in [2.05, 4.69) is 6.92 Å². The maximum Gasteiger partial charge on any atom is 0.0542 e. The first-order valence-corrected chi connectivity index (χ1v) is 8.01. The molecule has 0 spiro atoms. The fourth-order valence-corrected chi connectivity index (χ4v) is 2.55. The number of unbranched alkanes of at least 4 members (excludes halogenated alkanes) is 8. The Morgan fingerprint density at radius 3 is 1.94 bits per heavy atom. The quantitative estimate of drug-likeness (QED) is 0.472. The summed E-state index contributed by atoms with van der Waals surface area (Å²) in [5, 5.41) is 9.76. The van der Waals surface area contributed by atoms with E-state index in [0.29, 0.717) is 0 Å². The molecule has 1 N–H and O–H groups in total. The number of rotatable bonds is 12. The second-order valence-electron chi connectivity index (χ2n) is 5.95. The second kappa shape index (κ2) is 9.94. The van der Waals surface area contributed by atoms with E-state index in [-0.39, 0.29) is 6.10 Å². The molecule has 1 aliphatic rings. The lowest BCUT2D eigenvalue weighted by Gasteiger charge is -2.09. The Hall–Kier alpha value is -0.0400. The van der Waals surface area contributed by atoms with Crippen LogP contribution in [0, 0.1) is 5.92 Å². The number of aliphatic hydroxyl groups is 1. The average Bonchev–Trinajstić information content (AvgIpc) is 3.11. The van der Waals surface area contributed by atoms with Gasteiger partial charge in [0.05, 0.1) is 6.10 Å². The van der Waals surface area contributed by atoms with E-state index in [1.165, 1.54) is 70.6 Å². The number of hydrogen-bond acceptors (Lipinski definition) is 1. The Kier molecular flexibility index (Phi) is 8.78. The normalized spacial score (nSPS) is 17.3. The summed E-state index contributed by atoms with van der Waals surface area (Å²) in [5.41, 5.74) is 0. The van der Waals surface area contributed by atoms with E-state index < -0.39 is 0 Å². The van der Waals surface area contributed by atoms with E-state index in [9.17, 15) is 5.11 Å². The largest absolute Gasteiger partial charge is 0.393 e. The highest BCUT2D eigenvalue weighted by molar-refractivity contribution is 4.76. The molecule has 0 saturated heterocycles. The second-order valence-corrected chi connectivity index (χ2v) is 5.95. The van der Waals surface area contributed by atoms with Gasteiger partial charge in [0.15, 0.2) is 0 Å². The van der Waals surface area contributed by atoms with Crippen molar-refractivity contribution >= 4 is 0 Å². The highest BCUT2D eigenvalue weighted by Gasteiger charge is 2.23. The van der Waals surface area contributed by atoms with E-state index in [4.69, 9.17) is 0 Å². The van der Waals surface area contributed by atoms with Crippen molar-refractivity contribution in [1.82, 2.24) is 0 Å². The third-order valence-electron chi connectivity index (χ3n) is 3.94. The molecule has 102 valence electrons. The Morgan fingerprint density at radius 2 is 1.41 bits per heavy atom. The van der Waals surface area contributed by atoms with Crippen molar-refractivity contribution in [2.75, 3.05) is 0 Å². The van der Waals surface area contributed by atoms with Gasteiger partial charge >= 0.3 is 0 Å². The van der Waals surface area contributed by atoms with Crippen molar-refractivity contribution in [1.29, 1.82) is 0 Å². The topological polar surface area (TPSA) is 20.2 Å². The first-order chi connectivity index (χ1) is 8.33. The fraction of sp³-hybridized carbons (Fsp3) is 1.00. The zero-order valence-corrected chi connectivity index (χ0v) is 11.8. The SMILES string of the molecule is CCCCCCCCCCCC(O)CC1CC1. The highest BCUT2D eigenvalue weighted by Crippen LogP contribution is 2.34. The summed E-state index contributed by atoms with van der Waals surface area (Å²) >= 11 is 0. The van der Waals surface area contributed by atoms with Gasteiger partial charge in [-0.25, -0.2) is 0 Å². The molecule has 0 bridgehead atoms. The Labute approximate surface area is 108 Å². The van der Waals surface area contributed by atoms with Crippen LogP contribution in [0.2, 0.25) is 0 Å². The summed E-state index contributed by atoms with van der Waals surface area (Å²) < 4.78 is 0. The van der Waals surface area contributed by atoms with Crippen LogP contribution in [0.4, 0.5) is 0 Å². The van der Waals surface area contributed by atoms with E-state index >= 15 is 0 Å². The number of hydrogen-bond donors (Lipinski definition) is 1. The molecule has 1 fully saturated rings. The van der Waals surface area contributed by atoms with Crippen LogP contribution in [0.3, 0.4) is 0 Å². The minimum absolute atomic E-state index is 0.00653. The predicted octanol–water partition coefficient (Wildman–Crippen LogP) is 5.07. The van der Waals surface area contributed by atoms with Gasteiger partial charge in [-0.2, -0.15) is 0 Å². The van der Waals surface area contributed by atoms with Crippen LogP contribution in [0.15, 0.2) is 0 Å². The summed E-state index contributed by atoms with van der Waals surface area (Å²) in [6.45, 7) is 2.27. The molecular weight excluding hydrogens is 208 g/mol. The van der Waals surface area contributed by atoms with Crippen molar-refractivity contribution in [3.05, 3.63) is 0 Å². The predicted molar refractivity (Wildman–Crippen MR) is 75.2 cm³/mol. The molecule has 0 radical (unpaired) electrons. The van der Waals surface area contributed by atoms with Crippen molar-refractivity contribution in [3.63, 3.8) is 0 Å². The van der Waals surface area contributed by atoms with Gasteiger partial charge in [0.25, 0.3) is 0 Å². The minimum atomic E-state index is 0.00653. The van der Waals surface area contributed by atoms with Gasteiger partial charge in [0.1, 0.15) is 0 Å². The molecule has 1 nitrogen and oxygen atoms in total. The molecule has 1 atom stereocenters. The van der Waals surface area contributed by atoms with Crippen LogP contribution >= 0.6 is 0 Å². The van der Waals surface area contributed by atoms with Crippen LogP contribution in [-0.4, -0.2) is 11.2 Å². The van der Waals surface area contributed by atoms with Crippen molar-refractivity contribution in [2.24, 2.45) is 5.92 Å². The highest BCUT2D eigenvalue weighted by atomic mass is 16.3. The van der Waals surface area contributed by atoms with E-state index in [1.807, 2.05) is 0 Å². The third kappa shape index (κ3) is 9.64. The molecule has 1 heteroatoms. The first-order valence-electron chi connectivity index (χ1n) is 8.01. The molecule has 0 aromatic carbocycles. The van der Waals surface area contributed by atoms with Gasteiger partial charge in [0, 0.05) is 0 Å². The van der Waals surface area contributed by atoms with Crippen LogP contribution in [0.1, 0.15) is 90.4 Å². The monoisotopic (exact) mass is 240 g/mol. The van der Waals surface area contributed by atoms with E-state index in [0.717, 1.165) is 18.8 Å². The molecule has 0 aromatic heterocycles. The summed E-state index contributed by atoms with van der Waals surface area (Å²) in [4.78, 5) is 0. The van der Waals surface area contributed by atoms with Crippen LogP contribution in [-0.2, 0) is 0 Å². The molecule has 1 rings (SSSR count). The summed E-state index contributed by atoms with van der Waals surface area (Å²) in [7, 11) is 0. The first kappa shape index (κ1) is 15.0. The van der Waals surface area contributed by atoms with Gasteiger partial charge in [-0.1, -0.05) is 77.6 Å². The zero-order valence-electron chi connectivity index (χ0n) is 11.8. The van der Waals surface area contributed by atoms with Crippen LogP contribution in [0.5, 0.6) is 0 Å². The molecular formula is C16H32O. The molecule has 0 aliphatic heterocycles. The lowest BCUT2D eigenvalue weighted by Crippen LogP contribution is -2.06. The molecule has 1 unspecified atom stereocenters. The smallest absolute Gasteiger partial charge is 0.0542 e. The van der Waals surface area contributed by atoms with Gasteiger partial charge in [-0.05, 0) is 18.8 Å². The summed E-state index contributed by atoms with van der Waals surface area (Å²) in [5.74, 6) is 0.878. The molecule has 0 aromatic rings. The lowest BCUT2D eigenvalue weighted by atomic mass is 10.0.